The first-order chi connectivity index (χ1) is 9.35. The van der Waals surface area contributed by atoms with Crippen molar-refractivity contribution in [2.75, 3.05) is 0 Å². The molecule has 0 spiro atoms. The highest BCUT2D eigenvalue weighted by molar-refractivity contribution is 5.80. The molecule has 0 fully saturated rings. The van der Waals surface area contributed by atoms with Gasteiger partial charge in [-0.05, 0) is 39.8 Å². The minimum Gasteiger partial charge on any atom is -0.477 e. The number of para-hydroxylation sites is 1. The Morgan fingerprint density at radius 3 is 2.65 bits per heavy atom. The molecule has 4 nitrogen and oxygen atoms in total. The fraction of sp³-hybridized carbons (Fsp3) is 0.375. The van der Waals surface area contributed by atoms with Gasteiger partial charge in [0.05, 0.1) is 11.7 Å². The van der Waals surface area contributed by atoms with Crippen LogP contribution in [0.5, 0.6) is 5.75 Å². The van der Waals surface area contributed by atoms with Crippen LogP contribution in [0.2, 0.25) is 0 Å². The molecule has 1 aromatic carbocycles. The fourth-order valence-electron chi connectivity index (χ4n) is 1.75. The molecular weight excluding hydrogens is 254 g/mol. The third-order valence-corrected chi connectivity index (χ3v) is 2.62. The molecule has 0 aliphatic heterocycles. The van der Waals surface area contributed by atoms with E-state index in [1.54, 1.807) is 13.1 Å². The molecule has 1 heterocycles. The van der Waals surface area contributed by atoms with Gasteiger partial charge in [0.25, 0.3) is 0 Å². The van der Waals surface area contributed by atoms with Crippen LogP contribution in [0, 0.1) is 0 Å². The van der Waals surface area contributed by atoms with Crippen molar-refractivity contribution in [3.63, 3.8) is 0 Å². The van der Waals surface area contributed by atoms with Gasteiger partial charge in [-0.15, -0.1) is 0 Å². The molecule has 4 heteroatoms. The van der Waals surface area contributed by atoms with Gasteiger partial charge in [0.1, 0.15) is 11.4 Å². The predicted octanol–water partition coefficient (Wildman–Crippen LogP) is 3.34. The van der Waals surface area contributed by atoms with Crippen molar-refractivity contribution >= 4 is 16.9 Å². The van der Waals surface area contributed by atoms with Crippen LogP contribution in [0.15, 0.2) is 36.5 Å². The summed E-state index contributed by atoms with van der Waals surface area (Å²) in [6.45, 7) is 7.16. The SMILES string of the molecule is CC(Oc1cnc2ccccc2c1)C(=O)OC(C)(C)C. The number of fused-ring (bicyclic) bond motifs is 1. The zero-order valence-corrected chi connectivity index (χ0v) is 12.2. The second-order valence-electron chi connectivity index (χ2n) is 5.66. The zero-order valence-electron chi connectivity index (χ0n) is 12.2. The van der Waals surface area contributed by atoms with Crippen LogP contribution in [0.4, 0.5) is 0 Å². The smallest absolute Gasteiger partial charge is 0.347 e. The van der Waals surface area contributed by atoms with Gasteiger partial charge in [0, 0.05) is 5.39 Å². The maximum absolute atomic E-state index is 11.9. The van der Waals surface area contributed by atoms with Crippen LogP contribution in [0.1, 0.15) is 27.7 Å². The molecule has 20 heavy (non-hydrogen) atoms. The summed E-state index contributed by atoms with van der Waals surface area (Å²) in [4.78, 5) is 16.1. The van der Waals surface area contributed by atoms with Gasteiger partial charge in [0.2, 0.25) is 0 Å². The molecule has 0 aliphatic rings. The van der Waals surface area contributed by atoms with E-state index in [-0.39, 0.29) is 5.97 Å². The van der Waals surface area contributed by atoms with Crippen LogP contribution in [-0.2, 0) is 9.53 Å². The largest absolute Gasteiger partial charge is 0.477 e. The summed E-state index contributed by atoms with van der Waals surface area (Å²) in [7, 11) is 0. The maximum atomic E-state index is 11.9. The normalized spacial score (nSPS) is 13.0. The van der Waals surface area contributed by atoms with Crippen molar-refractivity contribution in [2.45, 2.75) is 39.4 Å². The third-order valence-electron chi connectivity index (χ3n) is 2.62. The number of benzene rings is 1. The summed E-state index contributed by atoms with van der Waals surface area (Å²) >= 11 is 0. The molecule has 106 valence electrons. The number of aromatic nitrogens is 1. The van der Waals surface area contributed by atoms with Crippen LogP contribution < -0.4 is 4.74 Å². The van der Waals surface area contributed by atoms with Crippen molar-refractivity contribution < 1.29 is 14.3 Å². The summed E-state index contributed by atoms with van der Waals surface area (Å²) in [5, 5.41) is 0.974. The Morgan fingerprint density at radius 1 is 1.25 bits per heavy atom. The molecule has 1 aromatic heterocycles. The lowest BCUT2D eigenvalue weighted by atomic mass is 10.2. The zero-order chi connectivity index (χ0) is 14.8. The Balaban J connectivity index is 2.09. The highest BCUT2D eigenvalue weighted by atomic mass is 16.6. The lowest BCUT2D eigenvalue weighted by Gasteiger charge is -2.22. The standard InChI is InChI=1S/C16H19NO3/c1-11(15(18)20-16(2,3)4)19-13-9-12-7-5-6-8-14(12)17-10-13/h5-11H,1-4H3. The Hall–Kier alpha value is -2.10. The number of rotatable bonds is 3. The van der Waals surface area contributed by atoms with Crippen LogP contribution in [0.3, 0.4) is 0 Å². The van der Waals surface area contributed by atoms with E-state index in [9.17, 15) is 4.79 Å². The van der Waals surface area contributed by atoms with E-state index >= 15 is 0 Å². The Kier molecular flexibility index (Phi) is 3.93. The van der Waals surface area contributed by atoms with Gasteiger partial charge < -0.3 is 9.47 Å². The van der Waals surface area contributed by atoms with Gasteiger partial charge in [-0.3, -0.25) is 4.98 Å². The van der Waals surface area contributed by atoms with Crippen molar-refractivity contribution in [1.82, 2.24) is 4.98 Å². The maximum Gasteiger partial charge on any atom is 0.347 e. The highest BCUT2D eigenvalue weighted by Gasteiger charge is 2.23. The highest BCUT2D eigenvalue weighted by Crippen LogP contribution is 2.19. The summed E-state index contributed by atoms with van der Waals surface area (Å²) in [5.41, 5.74) is 0.376. The van der Waals surface area contributed by atoms with Crippen molar-refractivity contribution in [1.29, 1.82) is 0 Å². The minimum absolute atomic E-state index is 0.384. The van der Waals surface area contributed by atoms with E-state index < -0.39 is 11.7 Å². The summed E-state index contributed by atoms with van der Waals surface area (Å²) in [6.07, 6.45) is 0.945. The van der Waals surface area contributed by atoms with Gasteiger partial charge >= 0.3 is 5.97 Å². The number of carbonyl (C=O) groups is 1. The monoisotopic (exact) mass is 273 g/mol. The van der Waals surface area contributed by atoms with Crippen LogP contribution in [0.25, 0.3) is 10.9 Å². The predicted molar refractivity (Wildman–Crippen MR) is 77.7 cm³/mol. The summed E-state index contributed by atoms with van der Waals surface area (Å²) in [6, 6.07) is 9.61. The minimum atomic E-state index is -0.669. The van der Waals surface area contributed by atoms with Crippen molar-refractivity contribution in [2.24, 2.45) is 0 Å². The molecule has 0 saturated carbocycles. The first-order valence-electron chi connectivity index (χ1n) is 6.59. The van der Waals surface area contributed by atoms with Crippen molar-refractivity contribution in [3.8, 4) is 5.75 Å². The number of ether oxygens (including phenoxy) is 2. The Bertz CT molecular complexity index is 616. The lowest BCUT2D eigenvalue weighted by Crippen LogP contribution is -2.33. The molecule has 2 rings (SSSR count). The van der Waals surface area contributed by atoms with E-state index in [0.717, 1.165) is 10.9 Å². The molecule has 0 bridgehead atoms. The molecule has 2 aromatic rings. The van der Waals surface area contributed by atoms with E-state index in [0.29, 0.717) is 5.75 Å². The van der Waals surface area contributed by atoms with Gasteiger partial charge in [-0.1, -0.05) is 18.2 Å². The summed E-state index contributed by atoms with van der Waals surface area (Å²) < 4.78 is 10.9. The fourth-order valence-corrected chi connectivity index (χ4v) is 1.75. The second kappa shape index (κ2) is 5.49. The average Bonchev–Trinajstić information content (AvgIpc) is 2.36. The molecule has 0 amide bonds. The number of nitrogens with zero attached hydrogens (tertiary/aromatic N) is 1. The molecule has 0 aliphatic carbocycles. The molecule has 0 N–H and O–H groups in total. The third kappa shape index (κ3) is 3.70. The van der Waals surface area contributed by atoms with Crippen molar-refractivity contribution in [3.05, 3.63) is 36.5 Å². The van der Waals surface area contributed by atoms with Gasteiger partial charge in [0.15, 0.2) is 6.10 Å². The number of hydrogen-bond donors (Lipinski definition) is 0. The van der Waals surface area contributed by atoms with Crippen LogP contribution in [-0.4, -0.2) is 22.7 Å². The number of pyridine rings is 1. The Morgan fingerprint density at radius 2 is 1.95 bits per heavy atom. The van der Waals surface area contributed by atoms with Gasteiger partial charge in [-0.25, -0.2) is 4.79 Å². The number of hydrogen-bond acceptors (Lipinski definition) is 4. The number of carbonyl (C=O) groups excluding carboxylic acids is 1. The van der Waals surface area contributed by atoms with E-state index in [4.69, 9.17) is 9.47 Å². The topological polar surface area (TPSA) is 48.4 Å². The lowest BCUT2D eigenvalue weighted by molar-refractivity contribution is -0.162. The first kappa shape index (κ1) is 14.3. The average molecular weight is 273 g/mol. The molecular formula is C16H19NO3. The number of esters is 1. The second-order valence-corrected chi connectivity index (χ2v) is 5.66. The first-order valence-corrected chi connectivity index (χ1v) is 6.59. The molecule has 0 radical (unpaired) electrons. The Labute approximate surface area is 118 Å². The quantitative estimate of drug-likeness (QED) is 0.805. The van der Waals surface area contributed by atoms with Gasteiger partial charge in [-0.2, -0.15) is 0 Å². The molecule has 1 atom stereocenters. The van der Waals surface area contributed by atoms with Crippen LogP contribution >= 0.6 is 0 Å². The summed E-state index contributed by atoms with van der Waals surface area (Å²) in [5.74, 6) is 0.174. The van der Waals surface area contributed by atoms with E-state index in [1.807, 2.05) is 51.1 Å². The van der Waals surface area contributed by atoms with E-state index in [2.05, 4.69) is 4.98 Å². The van der Waals surface area contributed by atoms with E-state index in [1.165, 1.54) is 0 Å². The molecule has 1 unspecified atom stereocenters. The molecule has 0 saturated heterocycles.